The van der Waals surface area contributed by atoms with Crippen molar-refractivity contribution in [2.24, 2.45) is 0 Å². The molecular weight excluding hydrogens is 410 g/mol. The summed E-state index contributed by atoms with van der Waals surface area (Å²) in [6.07, 6.45) is 1.56. The van der Waals surface area contributed by atoms with Crippen molar-refractivity contribution in [3.63, 3.8) is 0 Å². The minimum atomic E-state index is -3.58. The standard InChI is InChI=1S/C20H21N3O4S2/c1-14-5-6-18(15(2)12-14)29(25,26)23-9-7-22(8-10-23)20(24)16-13-28-19(21-16)17-4-3-11-27-17/h3-6,11-13H,7-10H2,1-2H3. The molecular formula is C20H21N3O4S2. The smallest absolute Gasteiger partial charge is 0.273 e. The summed E-state index contributed by atoms with van der Waals surface area (Å²) in [4.78, 5) is 19.1. The van der Waals surface area contributed by atoms with Gasteiger partial charge >= 0.3 is 0 Å². The zero-order valence-electron chi connectivity index (χ0n) is 16.2. The largest absolute Gasteiger partial charge is 0.462 e. The molecule has 1 saturated heterocycles. The van der Waals surface area contributed by atoms with E-state index in [0.29, 0.717) is 34.4 Å². The first-order valence-electron chi connectivity index (χ1n) is 9.22. The summed E-state index contributed by atoms with van der Waals surface area (Å²) >= 11 is 1.35. The molecule has 3 heterocycles. The lowest BCUT2D eigenvalue weighted by molar-refractivity contribution is 0.0693. The summed E-state index contributed by atoms with van der Waals surface area (Å²) in [5.74, 6) is 0.432. The fourth-order valence-corrected chi connectivity index (χ4v) is 5.79. The van der Waals surface area contributed by atoms with Crippen LogP contribution in [0.4, 0.5) is 0 Å². The Morgan fingerprint density at radius 1 is 1.14 bits per heavy atom. The molecule has 0 bridgehead atoms. The van der Waals surface area contributed by atoms with Gasteiger partial charge in [-0.25, -0.2) is 13.4 Å². The quantitative estimate of drug-likeness (QED) is 0.634. The molecule has 0 saturated carbocycles. The molecule has 0 N–H and O–H groups in total. The third kappa shape index (κ3) is 3.85. The van der Waals surface area contributed by atoms with E-state index in [0.717, 1.165) is 11.1 Å². The number of hydrogen-bond acceptors (Lipinski definition) is 6. The zero-order valence-corrected chi connectivity index (χ0v) is 17.8. The normalized spacial score (nSPS) is 15.6. The van der Waals surface area contributed by atoms with Crippen LogP contribution >= 0.6 is 11.3 Å². The van der Waals surface area contributed by atoms with Gasteiger partial charge in [0.05, 0.1) is 11.2 Å². The summed E-state index contributed by atoms with van der Waals surface area (Å²) in [5.41, 5.74) is 2.11. The fraction of sp³-hybridized carbons (Fsp3) is 0.300. The van der Waals surface area contributed by atoms with Crippen LogP contribution in [0.2, 0.25) is 0 Å². The van der Waals surface area contributed by atoms with Crippen LogP contribution in [-0.4, -0.2) is 54.7 Å². The van der Waals surface area contributed by atoms with Gasteiger partial charge in [-0.1, -0.05) is 17.7 Å². The number of carbonyl (C=O) groups excluding carboxylic acids is 1. The van der Waals surface area contributed by atoms with E-state index in [1.54, 1.807) is 47.7 Å². The highest BCUT2D eigenvalue weighted by Gasteiger charge is 2.32. The number of hydrogen-bond donors (Lipinski definition) is 0. The van der Waals surface area contributed by atoms with Crippen LogP contribution in [0.1, 0.15) is 21.6 Å². The Morgan fingerprint density at radius 3 is 2.55 bits per heavy atom. The summed E-state index contributed by atoms with van der Waals surface area (Å²) in [6.45, 7) is 4.92. The molecule has 1 amide bonds. The van der Waals surface area contributed by atoms with Gasteiger partial charge in [-0.2, -0.15) is 4.31 Å². The van der Waals surface area contributed by atoms with E-state index in [1.807, 2.05) is 13.0 Å². The fourth-order valence-electron chi connectivity index (χ4n) is 3.41. The van der Waals surface area contributed by atoms with Crippen molar-refractivity contribution in [2.75, 3.05) is 26.2 Å². The number of nitrogens with zero attached hydrogens (tertiary/aromatic N) is 3. The number of sulfonamides is 1. The van der Waals surface area contributed by atoms with E-state index >= 15 is 0 Å². The van der Waals surface area contributed by atoms with E-state index in [1.165, 1.54) is 15.6 Å². The molecule has 9 heteroatoms. The van der Waals surface area contributed by atoms with Crippen molar-refractivity contribution in [2.45, 2.75) is 18.7 Å². The van der Waals surface area contributed by atoms with Gasteiger partial charge in [0.15, 0.2) is 10.8 Å². The van der Waals surface area contributed by atoms with Gasteiger partial charge in [-0.05, 0) is 37.6 Å². The Morgan fingerprint density at radius 2 is 1.90 bits per heavy atom. The molecule has 1 fully saturated rings. The molecule has 0 aliphatic carbocycles. The van der Waals surface area contributed by atoms with Crippen LogP contribution in [0.25, 0.3) is 10.8 Å². The first kappa shape index (κ1) is 19.8. The molecule has 3 aromatic rings. The number of thiazole rings is 1. The predicted octanol–water partition coefficient (Wildman–Crippen LogP) is 3.17. The van der Waals surface area contributed by atoms with E-state index in [2.05, 4.69) is 4.98 Å². The molecule has 0 spiro atoms. The van der Waals surface area contributed by atoms with Crippen molar-refractivity contribution in [3.8, 4) is 10.8 Å². The maximum atomic E-state index is 13.0. The van der Waals surface area contributed by atoms with Crippen LogP contribution in [0, 0.1) is 13.8 Å². The maximum absolute atomic E-state index is 13.0. The van der Waals surface area contributed by atoms with Crippen molar-refractivity contribution in [1.82, 2.24) is 14.2 Å². The molecule has 0 unspecified atom stereocenters. The summed E-state index contributed by atoms with van der Waals surface area (Å²) in [5, 5.41) is 2.35. The SMILES string of the molecule is Cc1ccc(S(=O)(=O)N2CCN(C(=O)c3csc(-c4ccco4)n3)CC2)c(C)c1. The number of amides is 1. The molecule has 7 nitrogen and oxygen atoms in total. The number of aromatic nitrogens is 1. The van der Waals surface area contributed by atoms with Gasteiger partial charge in [0.25, 0.3) is 5.91 Å². The summed E-state index contributed by atoms with van der Waals surface area (Å²) in [6, 6.07) is 8.89. The molecule has 1 aromatic carbocycles. The third-order valence-electron chi connectivity index (χ3n) is 4.93. The summed E-state index contributed by atoms with van der Waals surface area (Å²) in [7, 11) is -3.58. The second kappa shape index (κ2) is 7.74. The first-order valence-corrected chi connectivity index (χ1v) is 11.5. The lowest BCUT2D eigenvalue weighted by atomic mass is 10.2. The molecule has 2 aromatic heterocycles. The number of furan rings is 1. The minimum absolute atomic E-state index is 0.192. The molecule has 1 aliphatic rings. The average Bonchev–Trinajstić information content (AvgIpc) is 3.39. The van der Waals surface area contributed by atoms with Gasteiger partial charge in [0.1, 0.15) is 5.69 Å². The van der Waals surface area contributed by atoms with Gasteiger partial charge in [0, 0.05) is 31.6 Å². The van der Waals surface area contributed by atoms with Gasteiger partial charge in [0.2, 0.25) is 10.0 Å². The number of piperazine rings is 1. The van der Waals surface area contributed by atoms with Crippen molar-refractivity contribution in [1.29, 1.82) is 0 Å². The Kier molecular flexibility index (Phi) is 5.28. The van der Waals surface area contributed by atoms with Crippen LogP contribution in [0.5, 0.6) is 0 Å². The van der Waals surface area contributed by atoms with E-state index < -0.39 is 10.0 Å². The second-order valence-electron chi connectivity index (χ2n) is 6.98. The summed E-state index contributed by atoms with van der Waals surface area (Å²) < 4.78 is 32.8. The topological polar surface area (TPSA) is 83.7 Å². The van der Waals surface area contributed by atoms with Crippen molar-refractivity contribution >= 4 is 27.3 Å². The van der Waals surface area contributed by atoms with Gasteiger partial charge in [-0.15, -0.1) is 11.3 Å². The Bertz CT molecular complexity index is 1130. The monoisotopic (exact) mass is 431 g/mol. The van der Waals surface area contributed by atoms with Gasteiger partial charge in [-0.3, -0.25) is 4.79 Å². The minimum Gasteiger partial charge on any atom is -0.462 e. The maximum Gasteiger partial charge on any atom is 0.273 e. The van der Waals surface area contributed by atoms with E-state index in [9.17, 15) is 13.2 Å². The molecule has 0 atom stereocenters. The second-order valence-corrected chi connectivity index (χ2v) is 9.74. The van der Waals surface area contributed by atoms with Crippen molar-refractivity contribution < 1.29 is 17.6 Å². The molecule has 152 valence electrons. The van der Waals surface area contributed by atoms with E-state index in [4.69, 9.17) is 4.42 Å². The van der Waals surface area contributed by atoms with Crippen LogP contribution in [0.15, 0.2) is 51.3 Å². The van der Waals surface area contributed by atoms with E-state index in [-0.39, 0.29) is 19.0 Å². The predicted molar refractivity (Wildman–Crippen MR) is 110 cm³/mol. The lowest BCUT2D eigenvalue weighted by Crippen LogP contribution is -2.50. The Balaban J connectivity index is 1.44. The number of rotatable bonds is 4. The zero-order chi connectivity index (χ0) is 20.6. The lowest BCUT2D eigenvalue weighted by Gasteiger charge is -2.34. The third-order valence-corrected chi connectivity index (χ3v) is 7.85. The van der Waals surface area contributed by atoms with Gasteiger partial charge < -0.3 is 9.32 Å². The average molecular weight is 432 g/mol. The number of carbonyl (C=O) groups is 1. The van der Waals surface area contributed by atoms with Crippen LogP contribution in [-0.2, 0) is 10.0 Å². The first-order chi connectivity index (χ1) is 13.9. The van der Waals surface area contributed by atoms with Crippen molar-refractivity contribution in [3.05, 3.63) is 58.8 Å². The van der Waals surface area contributed by atoms with Crippen LogP contribution in [0.3, 0.4) is 0 Å². The molecule has 1 aliphatic heterocycles. The molecule has 29 heavy (non-hydrogen) atoms. The van der Waals surface area contributed by atoms with Crippen LogP contribution < -0.4 is 0 Å². The highest BCUT2D eigenvalue weighted by atomic mass is 32.2. The molecule has 0 radical (unpaired) electrons. The highest BCUT2D eigenvalue weighted by molar-refractivity contribution is 7.89. The number of benzene rings is 1. The highest BCUT2D eigenvalue weighted by Crippen LogP contribution is 2.26. The molecule has 4 rings (SSSR count). The Hall–Kier alpha value is -2.49. The number of aryl methyl sites for hydroxylation is 2. The Labute approximate surface area is 173 Å².